The first kappa shape index (κ1) is 8.26. The molecule has 13 heavy (non-hydrogen) atoms. The van der Waals surface area contributed by atoms with Crippen LogP contribution >= 0.6 is 11.6 Å². The number of hydrogen-bond acceptors (Lipinski definition) is 3. The van der Waals surface area contributed by atoms with Crippen LogP contribution in [0, 0.1) is 0 Å². The van der Waals surface area contributed by atoms with Gasteiger partial charge in [0.25, 0.3) is 0 Å². The predicted molar refractivity (Wildman–Crippen MR) is 46.0 cm³/mol. The molecule has 0 fully saturated rings. The molecule has 0 atom stereocenters. The van der Waals surface area contributed by atoms with Gasteiger partial charge < -0.3 is 4.74 Å². The highest BCUT2D eigenvalue weighted by Gasteiger charge is 2.24. The summed E-state index contributed by atoms with van der Waals surface area (Å²) in [6, 6.07) is 4.60. The SMILES string of the molecule is O=C1CC(=O)c2cc(Cl)ccc2O1. The number of benzene rings is 1. The Hall–Kier alpha value is -1.35. The number of Topliss-reactive ketones (excluding diaryl/α,β-unsaturated/α-hetero) is 1. The van der Waals surface area contributed by atoms with Crippen molar-refractivity contribution >= 4 is 23.4 Å². The third kappa shape index (κ3) is 1.42. The minimum absolute atomic E-state index is 0.201. The van der Waals surface area contributed by atoms with Gasteiger partial charge in [-0.15, -0.1) is 0 Å². The van der Waals surface area contributed by atoms with Crippen molar-refractivity contribution in [3.8, 4) is 5.75 Å². The molecule has 0 bridgehead atoms. The first-order valence-electron chi connectivity index (χ1n) is 3.70. The molecule has 4 heteroatoms. The highest BCUT2D eigenvalue weighted by Crippen LogP contribution is 2.27. The molecule has 0 aliphatic carbocycles. The Morgan fingerprint density at radius 2 is 2.08 bits per heavy atom. The number of fused-ring (bicyclic) bond motifs is 1. The van der Waals surface area contributed by atoms with Crippen molar-refractivity contribution in [3.05, 3.63) is 28.8 Å². The summed E-state index contributed by atoms with van der Waals surface area (Å²) in [4.78, 5) is 22.1. The lowest BCUT2D eigenvalue weighted by Gasteiger charge is -2.13. The Kier molecular flexibility index (Phi) is 1.81. The van der Waals surface area contributed by atoms with E-state index in [1.54, 1.807) is 6.07 Å². The summed E-state index contributed by atoms with van der Waals surface area (Å²) >= 11 is 5.69. The van der Waals surface area contributed by atoms with E-state index in [9.17, 15) is 9.59 Å². The van der Waals surface area contributed by atoms with Crippen LogP contribution in [-0.2, 0) is 4.79 Å². The standard InChI is InChI=1S/C9H5ClO3/c10-5-1-2-8-6(3-5)7(11)4-9(12)13-8/h1-3H,4H2. The molecule has 0 unspecified atom stereocenters. The molecule has 2 rings (SSSR count). The van der Waals surface area contributed by atoms with E-state index >= 15 is 0 Å². The van der Waals surface area contributed by atoms with Gasteiger partial charge in [-0.3, -0.25) is 9.59 Å². The fourth-order valence-corrected chi connectivity index (χ4v) is 1.37. The van der Waals surface area contributed by atoms with Crippen LogP contribution in [0.2, 0.25) is 5.02 Å². The molecule has 1 aliphatic heterocycles. The average Bonchev–Trinajstić information content (AvgIpc) is 2.06. The van der Waals surface area contributed by atoms with E-state index < -0.39 is 5.97 Å². The van der Waals surface area contributed by atoms with E-state index in [0.29, 0.717) is 16.3 Å². The molecule has 0 saturated heterocycles. The van der Waals surface area contributed by atoms with Crippen molar-refractivity contribution in [1.82, 2.24) is 0 Å². The molecule has 0 amide bonds. The smallest absolute Gasteiger partial charge is 0.319 e. The summed E-state index contributed by atoms with van der Waals surface area (Å²) in [6.07, 6.45) is -0.201. The molecule has 0 spiro atoms. The maximum absolute atomic E-state index is 11.3. The van der Waals surface area contributed by atoms with Gasteiger partial charge in [0.2, 0.25) is 0 Å². The zero-order valence-corrected chi connectivity index (χ0v) is 7.30. The van der Waals surface area contributed by atoms with Crippen molar-refractivity contribution in [1.29, 1.82) is 0 Å². The Labute approximate surface area is 79.3 Å². The van der Waals surface area contributed by atoms with Gasteiger partial charge >= 0.3 is 5.97 Å². The second kappa shape index (κ2) is 2.85. The Morgan fingerprint density at radius 3 is 2.85 bits per heavy atom. The number of ketones is 1. The maximum atomic E-state index is 11.3. The van der Waals surface area contributed by atoms with Gasteiger partial charge in [0.15, 0.2) is 5.78 Å². The van der Waals surface area contributed by atoms with Crippen LogP contribution in [0.5, 0.6) is 5.75 Å². The highest BCUT2D eigenvalue weighted by atomic mass is 35.5. The number of halogens is 1. The van der Waals surface area contributed by atoms with Crippen molar-refractivity contribution in [2.45, 2.75) is 6.42 Å². The van der Waals surface area contributed by atoms with Crippen LogP contribution in [0.1, 0.15) is 16.8 Å². The van der Waals surface area contributed by atoms with Crippen molar-refractivity contribution in [2.75, 3.05) is 0 Å². The van der Waals surface area contributed by atoms with Crippen molar-refractivity contribution < 1.29 is 14.3 Å². The van der Waals surface area contributed by atoms with Gasteiger partial charge in [0.1, 0.15) is 12.2 Å². The lowest BCUT2D eigenvalue weighted by atomic mass is 10.1. The predicted octanol–water partition coefficient (Wildman–Crippen LogP) is 1.83. The summed E-state index contributed by atoms with van der Waals surface area (Å²) in [6.45, 7) is 0. The van der Waals surface area contributed by atoms with Gasteiger partial charge in [-0.1, -0.05) is 11.6 Å². The van der Waals surface area contributed by atoms with E-state index in [0.717, 1.165) is 0 Å². The van der Waals surface area contributed by atoms with E-state index in [2.05, 4.69) is 0 Å². The molecule has 0 aromatic heterocycles. The Balaban J connectivity index is 2.55. The Morgan fingerprint density at radius 1 is 1.31 bits per heavy atom. The molecule has 0 radical (unpaired) electrons. The monoisotopic (exact) mass is 196 g/mol. The molecule has 1 aromatic carbocycles. The number of rotatable bonds is 0. The van der Waals surface area contributed by atoms with E-state index in [1.807, 2.05) is 0 Å². The van der Waals surface area contributed by atoms with Gasteiger partial charge in [-0.25, -0.2) is 0 Å². The fraction of sp³-hybridized carbons (Fsp3) is 0.111. The molecule has 1 aliphatic rings. The number of esters is 1. The van der Waals surface area contributed by atoms with Crippen LogP contribution in [0.4, 0.5) is 0 Å². The lowest BCUT2D eigenvalue weighted by Crippen LogP contribution is -2.21. The van der Waals surface area contributed by atoms with E-state index in [1.165, 1.54) is 12.1 Å². The topological polar surface area (TPSA) is 43.4 Å². The second-order valence-corrected chi connectivity index (χ2v) is 3.15. The summed E-state index contributed by atoms with van der Waals surface area (Å²) in [7, 11) is 0. The molecule has 0 saturated carbocycles. The highest BCUT2D eigenvalue weighted by molar-refractivity contribution is 6.31. The summed E-state index contributed by atoms with van der Waals surface area (Å²) in [5.41, 5.74) is 0.382. The molecule has 1 aromatic rings. The summed E-state index contributed by atoms with van der Waals surface area (Å²) in [5.74, 6) is -0.459. The number of hydrogen-bond donors (Lipinski definition) is 0. The van der Waals surface area contributed by atoms with Gasteiger partial charge in [0, 0.05) is 5.02 Å². The molecular weight excluding hydrogens is 192 g/mol. The van der Waals surface area contributed by atoms with Crippen molar-refractivity contribution in [3.63, 3.8) is 0 Å². The number of ether oxygens (including phenoxy) is 1. The van der Waals surface area contributed by atoms with Crippen LogP contribution < -0.4 is 4.74 Å². The summed E-state index contributed by atoms with van der Waals surface area (Å²) in [5, 5.41) is 0.463. The average molecular weight is 197 g/mol. The molecule has 0 N–H and O–H groups in total. The molecule has 1 heterocycles. The third-order valence-corrected chi connectivity index (χ3v) is 2.01. The maximum Gasteiger partial charge on any atom is 0.319 e. The molecule has 66 valence electrons. The third-order valence-electron chi connectivity index (χ3n) is 1.77. The van der Waals surface area contributed by atoms with Crippen LogP contribution in [0.15, 0.2) is 18.2 Å². The van der Waals surface area contributed by atoms with Crippen LogP contribution in [-0.4, -0.2) is 11.8 Å². The first-order chi connectivity index (χ1) is 6.16. The van der Waals surface area contributed by atoms with Crippen LogP contribution in [0.3, 0.4) is 0 Å². The van der Waals surface area contributed by atoms with E-state index in [-0.39, 0.29) is 12.2 Å². The van der Waals surface area contributed by atoms with Crippen molar-refractivity contribution in [2.24, 2.45) is 0 Å². The fourth-order valence-electron chi connectivity index (χ4n) is 1.19. The minimum atomic E-state index is -0.514. The second-order valence-electron chi connectivity index (χ2n) is 2.71. The zero-order chi connectivity index (χ0) is 9.42. The van der Waals surface area contributed by atoms with Gasteiger partial charge in [0.05, 0.1) is 5.56 Å². The van der Waals surface area contributed by atoms with E-state index in [4.69, 9.17) is 16.3 Å². The molecular formula is C9H5ClO3. The van der Waals surface area contributed by atoms with Crippen LogP contribution in [0.25, 0.3) is 0 Å². The normalized spacial score (nSPS) is 15.2. The Bertz CT molecular complexity index is 398. The lowest BCUT2D eigenvalue weighted by molar-refractivity contribution is -0.133. The number of carbonyl (C=O) groups is 2. The minimum Gasteiger partial charge on any atom is -0.425 e. The molecule has 3 nitrogen and oxygen atoms in total. The quantitative estimate of drug-likeness (QED) is 0.361. The zero-order valence-electron chi connectivity index (χ0n) is 6.54. The van der Waals surface area contributed by atoms with Gasteiger partial charge in [-0.2, -0.15) is 0 Å². The van der Waals surface area contributed by atoms with Gasteiger partial charge in [-0.05, 0) is 18.2 Å². The summed E-state index contributed by atoms with van der Waals surface area (Å²) < 4.78 is 4.84. The number of carbonyl (C=O) groups excluding carboxylic acids is 2. The first-order valence-corrected chi connectivity index (χ1v) is 4.08. The largest absolute Gasteiger partial charge is 0.425 e.